The molecule has 0 radical (unpaired) electrons. The molecule has 1 amide bonds. The molecule has 0 saturated carbocycles. The Morgan fingerprint density at radius 1 is 1.21 bits per heavy atom. The van der Waals surface area contributed by atoms with Crippen molar-refractivity contribution >= 4 is 17.3 Å². The molecule has 0 bridgehead atoms. The van der Waals surface area contributed by atoms with E-state index >= 15 is 0 Å². The minimum atomic E-state index is -0.675. The van der Waals surface area contributed by atoms with Gasteiger partial charge in [-0.15, -0.1) is 0 Å². The van der Waals surface area contributed by atoms with Gasteiger partial charge >= 0.3 is 0 Å². The van der Waals surface area contributed by atoms with E-state index < -0.39 is 11.0 Å². The summed E-state index contributed by atoms with van der Waals surface area (Å²) >= 11 is 0. The van der Waals surface area contributed by atoms with E-state index in [0.29, 0.717) is 17.9 Å². The van der Waals surface area contributed by atoms with E-state index in [1.165, 1.54) is 18.2 Å². The normalized spacial score (nSPS) is 11.6. The Morgan fingerprint density at radius 3 is 2.46 bits per heavy atom. The first-order valence-corrected chi connectivity index (χ1v) is 7.69. The number of nitrogens with zero attached hydrogens (tertiary/aromatic N) is 1. The van der Waals surface area contributed by atoms with Crippen LogP contribution in [0.5, 0.6) is 5.75 Å². The molecule has 0 spiro atoms. The van der Waals surface area contributed by atoms with Gasteiger partial charge in [-0.3, -0.25) is 14.9 Å². The highest BCUT2D eigenvalue weighted by Gasteiger charge is 2.19. The van der Waals surface area contributed by atoms with Gasteiger partial charge in [-0.05, 0) is 49.6 Å². The van der Waals surface area contributed by atoms with Gasteiger partial charge in [0.05, 0.1) is 4.92 Å². The number of non-ortho nitro benzene ring substituents is 1. The summed E-state index contributed by atoms with van der Waals surface area (Å²) in [7, 11) is 0. The number of carbonyl (C=O) groups is 1. The molecule has 2 rings (SSSR count). The van der Waals surface area contributed by atoms with Crippen LogP contribution in [0.25, 0.3) is 0 Å². The first-order valence-electron chi connectivity index (χ1n) is 7.69. The van der Waals surface area contributed by atoms with E-state index in [0.717, 1.165) is 11.1 Å². The van der Waals surface area contributed by atoms with Crippen molar-refractivity contribution in [3.05, 3.63) is 63.7 Å². The molecule has 24 heavy (non-hydrogen) atoms. The maximum atomic E-state index is 12.4. The summed E-state index contributed by atoms with van der Waals surface area (Å²) in [4.78, 5) is 22.7. The topological polar surface area (TPSA) is 81.5 Å². The van der Waals surface area contributed by atoms with Crippen LogP contribution in [0.2, 0.25) is 0 Å². The summed E-state index contributed by atoms with van der Waals surface area (Å²) in [5.74, 6) is 0.297. The fourth-order valence-electron chi connectivity index (χ4n) is 2.41. The lowest BCUT2D eigenvalue weighted by Gasteiger charge is -2.18. The number of nitro benzene ring substituents is 1. The molecule has 0 aromatic heterocycles. The van der Waals surface area contributed by atoms with Crippen molar-refractivity contribution in [3.63, 3.8) is 0 Å². The van der Waals surface area contributed by atoms with E-state index in [4.69, 9.17) is 4.74 Å². The highest BCUT2D eigenvalue weighted by atomic mass is 16.6. The molecule has 0 heterocycles. The van der Waals surface area contributed by atoms with Crippen LogP contribution in [0.1, 0.15) is 24.5 Å². The van der Waals surface area contributed by atoms with Crippen molar-refractivity contribution in [3.8, 4) is 5.75 Å². The van der Waals surface area contributed by atoms with Crippen molar-refractivity contribution < 1.29 is 14.5 Å². The second kappa shape index (κ2) is 7.59. The molecule has 1 atom stereocenters. The zero-order valence-electron chi connectivity index (χ0n) is 13.9. The van der Waals surface area contributed by atoms with Crippen LogP contribution >= 0.6 is 0 Å². The van der Waals surface area contributed by atoms with Gasteiger partial charge in [0.2, 0.25) is 0 Å². The summed E-state index contributed by atoms with van der Waals surface area (Å²) in [5.41, 5.74) is 2.41. The summed E-state index contributed by atoms with van der Waals surface area (Å²) in [6.07, 6.45) is -0.196. The highest BCUT2D eigenvalue weighted by Crippen LogP contribution is 2.20. The van der Waals surface area contributed by atoms with Crippen molar-refractivity contribution in [1.29, 1.82) is 0 Å². The molecule has 0 saturated heterocycles. The lowest BCUT2D eigenvalue weighted by Crippen LogP contribution is -2.32. The fourth-order valence-corrected chi connectivity index (χ4v) is 2.41. The first kappa shape index (κ1) is 17.5. The molecule has 2 aromatic rings. The SMILES string of the molecule is CC[C@@H](Oc1cc(C)cc(C)c1)C(=O)Nc1cccc([N+](=O)[O-])c1. The van der Waals surface area contributed by atoms with Crippen LogP contribution in [0.4, 0.5) is 11.4 Å². The standard InChI is InChI=1S/C18H20N2O4/c1-4-17(24-16-9-12(2)8-13(3)10-16)18(21)19-14-6-5-7-15(11-14)20(22)23/h5-11,17H,4H2,1-3H3,(H,19,21)/t17-/m1/s1. The molecule has 126 valence electrons. The molecule has 0 aliphatic carbocycles. The molecule has 0 unspecified atom stereocenters. The van der Waals surface area contributed by atoms with E-state index in [-0.39, 0.29) is 11.6 Å². The summed E-state index contributed by atoms with van der Waals surface area (Å²) in [5, 5.41) is 13.5. The van der Waals surface area contributed by atoms with E-state index in [2.05, 4.69) is 5.32 Å². The Morgan fingerprint density at radius 2 is 1.88 bits per heavy atom. The number of nitro groups is 1. The maximum Gasteiger partial charge on any atom is 0.271 e. The molecule has 6 heteroatoms. The number of amides is 1. The second-order valence-electron chi connectivity index (χ2n) is 5.63. The van der Waals surface area contributed by atoms with Crippen LogP contribution in [0, 0.1) is 24.0 Å². The van der Waals surface area contributed by atoms with Crippen molar-refractivity contribution in [1.82, 2.24) is 0 Å². The van der Waals surface area contributed by atoms with Crippen molar-refractivity contribution in [2.24, 2.45) is 0 Å². The zero-order valence-corrected chi connectivity index (χ0v) is 13.9. The minimum Gasteiger partial charge on any atom is -0.481 e. The third-order valence-corrected chi connectivity index (χ3v) is 3.46. The number of anilines is 1. The quantitative estimate of drug-likeness (QED) is 0.641. The summed E-state index contributed by atoms with van der Waals surface area (Å²) < 4.78 is 5.79. The smallest absolute Gasteiger partial charge is 0.271 e. The number of nitrogens with one attached hydrogen (secondary N) is 1. The molecule has 0 aliphatic rings. The average Bonchev–Trinajstić information content (AvgIpc) is 2.51. The van der Waals surface area contributed by atoms with Gasteiger partial charge in [-0.2, -0.15) is 0 Å². The second-order valence-corrected chi connectivity index (χ2v) is 5.63. The molecule has 0 aliphatic heterocycles. The number of rotatable bonds is 6. The van der Waals surface area contributed by atoms with Crippen LogP contribution in [0.15, 0.2) is 42.5 Å². The Kier molecular flexibility index (Phi) is 5.52. The van der Waals surface area contributed by atoms with Gasteiger partial charge in [-0.1, -0.05) is 19.1 Å². The monoisotopic (exact) mass is 328 g/mol. The van der Waals surface area contributed by atoms with E-state index in [9.17, 15) is 14.9 Å². The first-order chi connectivity index (χ1) is 11.4. The summed E-state index contributed by atoms with van der Waals surface area (Å²) in [6.45, 7) is 5.77. The van der Waals surface area contributed by atoms with Gasteiger partial charge in [-0.25, -0.2) is 0 Å². The fraction of sp³-hybridized carbons (Fsp3) is 0.278. The molecular weight excluding hydrogens is 308 g/mol. The van der Waals surface area contributed by atoms with Gasteiger partial charge in [0, 0.05) is 17.8 Å². The number of hydrogen-bond acceptors (Lipinski definition) is 4. The number of hydrogen-bond donors (Lipinski definition) is 1. The number of carbonyl (C=O) groups excluding carboxylic acids is 1. The van der Waals surface area contributed by atoms with Gasteiger partial charge < -0.3 is 10.1 Å². The Labute approximate surface area is 140 Å². The highest BCUT2D eigenvalue weighted by molar-refractivity contribution is 5.94. The molecule has 2 aromatic carbocycles. The third-order valence-electron chi connectivity index (χ3n) is 3.46. The van der Waals surface area contributed by atoms with E-state index in [1.807, 2.05) is 39.0 Å². The van der Waals surface area contributed by atoms with E-state index in [1.54, 1.807) is 6.07 Å². The van der Waals surface area contributed by atoms with Gasteiger partial charge in [0.25, 0.3) is 11.6 Å². The molecular formula is C18H20N2O4. The number of benzene rings is 2. The van der Waals surface area contributed by atoms with Crippen LogP contribution in [-0.2, 0) is 4.79 Å². The summed E-state index contributed by atoms with van der Waals surface area (Å²) in [6, 6.07) is 11.6. The number of aryl methyl sites for hydroxylation is 2. The third kappa shape index (κ3) is 4.55. The maximum absolute atomic E-state index is 12.4. The van der Waals surface area contributed by atoms with Crippen LogP contribution in [0.3, 0.4) is 0 Å². The minimum absolute atomic E-state index is 0.0731. The molecule has 6 nitrogen and oxygen atoms in total. The molecule has 1 N–H and O–H groups in total. The average molecular weight is 328 g/mol. The van der Waals surface area contributed by atoms with Gasteiger partial charge in [0.1, 0.15) is 5.75 Å². The lowest BCUT2D eigenvalue weighted by atomic mass is 10.1. The predicted octanol–water partition coefficient (Wildman–Crippen LogP) is 4.01. The van der Waals surface area contributed by atoms with Gasteiger partial charge in [0.15, 0.2) is 6.10 Å². The Balaban J connectivity index is 2.11. The predicted molar refractivity (Wildman–Crippen MR) is 92.3 cm³/mol. The molecule has 0 fully saturated rings. The Hall–Kier alpha value is -2.89. The number of ether oxygens (including phenoxy) is 1. The Bertz CT molecular complexity index is 738. The van der Waals surface area contributed by atoms with Crippen LogP contribution in [-0.4, -0.2) is 16.9 Å². The zero-order chi connectivity index (χ0) is 17.7. The lowest BCUT2D eigenvalue weighted by molar-refractivity contribution is -0.384. The largest absolute Gasteiger partial charge is 0.481 e. The van der Waals surface area contributed by atoms with Crippen molar-refractivity contribution in [2.75, 3.05) is 5.32 Å². The van der Waals surface area contributed by atoms with Crippen molar-refractivity contribution in [2.45, 2.75) is 33.3 Å². The van der Waals surface area contributed by atoms with Crippen LogP contribution < -0.4 is 10.1 Å².